The normalized spacial score (nSPS) is 12.7. The number of hydrogen-bond acceptors (Lipinski definition) is 4. The zero-order valence-electron chi connectivity index (χ0n) is 15.3. The van der Waals surface area contributed by atoms with Gasteiger partial charge in [0.15, 0.2) is 11.5 Å². The summed E-state index contributed by atoms with van der Waals surface area (Å²) in [7, 11) is 3.33. The predicted molar refractivity (Wildman–Crippen MR) is 95.2 cm³/mol. The Labute approximate surface area is 141 Å². The standard InChI is InChI=1S/C19H33NO3/c1-6-8-17(21)14-20(12-11-15(2)3)13-16-9-7-10-18(22-4)19(16)23-5/h7,9-10,15,17,21H,6,8,11-14H2,1-5H3/t17-/m1/s1. The molecule has 0 aliphatic carbocycles. The van der Waals surface area contributed by atoms with Crippen molar-refractivity contribution in [1.29, 1.82) is 0 Å². The Morgan fingerprint density at radius 1 is 1.13 bits per heavy atom. The molecule has 0 amide bonds. The summed E-state index contributed by atoms with van der Waals surface area (Å²) in [6.07, 6.45) is 2.68. The van der Waals surface area contributed by atoms with Crippen LogP contribution in [0.15, 0.2) is 18.2 Å². The molecule has 0 radical (unpaired) electrons. The average molecular weight is 323 g/mol. The van der Waals surface area contributed by atoms with Crippen LogP contribution in [0.1, 0.15) is 45.6 Å². The molecule has 1 rings (SSSR count). The number of nitrogens with zero attached hydrogens (tertiary/aromatic N) is 1. The number of ether oxygens (including phenoxy) is 2. The maximum absolute atomic E-state index is 10.2. The summed E-state index contributed by atoms with van der Waals surface area (Å²) in [5, 5.41) is 10.2. The molecule has 0 aromatic heterocycles. The van der Waals surface area contributed by atoms with Gasteiger partial charge in [-0.05, 0) is 31.4 Å². The maximum atomic E-state index is 10.2. The van der Waals surface area contributed by atoms with Crippen molar-refractivity contribution in [2.75, 3.05) is 27.3 Å². The molecule has 0 aliphatic rings. The van der Waals surface area contributed by atoms with Crippen molar-refractivity contribution < 1.29 is 14.6 Å². The van der Waals surface area contributed by atoms with E-state index in [0.29, 0.717) is 12.5 Å². The van der Waals surface area contributed by atoms with Crippen molar-refractivity contribution >= 4 is 0 Å². The van der Waals surface area contributed by atoms with E-state index in [2.05, 4.69) is 31.7 Å². The molecule has 23 heavy (non-hydrogen) atoms. The van der Waals surface area contributed by atoms with Gasteiger partial charge in [0.1, 0.15) is 0 Å². The Balaban J connectivity index is 2.86. The topological polar surface area (TPSA) is 41.9 Å². The second-order valence-electron chi connectivity index (χ2n) is 6.51. The Morgan fingerprint density at radius 3 is 2.43 bits per heavy atom. The first-order valence-electron chi connectivity index (χ1n) is 8.62. The van der Waals surface area contributed by atoms with Crippen molar-refractivity contribution in [3.05, 3.63) is 23.8 Å². The summed E-state index contributed by atoms with van der Waals surface area (Å²) < 4.78 is 10.9. The lowest BCUT2D eigenvalue weighted by molar-refractivity contribution is 0.0976. The van der Waals surface area contributed by atoms with Gasteiger partial charge in [-0.2, -0.15) is 0 Å². The molecule has 0 saturated carbocycles. The summed E-state index contributed by atoms with van der Waals surface area (Å²) in [6.45, 7) is 8.99. The van der Waals surface area contributed by atoms with Crippen LogP contribution >= 0.6 is 0 Å². The van der Waals surface area contributed by atoms with E-state index >= 15 is 0 Å². The lowest BCUT2D eigenvalue weighted by atomic mass is 10.1. The fourth-order valence-corrected chi connectivity index (χ4v) is 2.72. The van der Waals surface area contributed by atoms with Gasteiger partial charge in [0, 0.05) is 18.7 Å². The molecule has 4 nitrogen and oxygen atoms in total. The molecule has 0 saturated heterocycles. The molecule has 1 N–H and O–H groups in total. The van der Waals surface area contributed by atoms with Crippen LogP contribution in [0.2, 0.25) is 0 Å². The summed E-state index contributed by atoms with van der Waals surface area (Å²) in [4.78, 5) is 2.32. The molecule has 4 heteroatoms. The smallest absolute Gasteiger partial charge is 0.165 e. The molecule has 0 spiro atoms. The third kappa shape index (κ3) is 6.80. The minimum absolute atomic E-state index is 0.274. The highest BCUT2D eigenvalue weighted by Gasteiger charge is 2.16. The van der Waals surface area contributed by atoms with E-state index in [9.17, 15) is 5.11 Å². The van der Waals surface area contributed by atoms with Crippen LogP contribution in [0.25, 0.3) is 0 Å². The molecule has 0 unspecified atom stereocenters. The van der Waals surface area contributed by atoms with E-state index in [1.54, 1.807) is 14.2 Å². The number of para-hydroxylation sites is 1. The lowest BCUT2D eigenvalue weighted by Gasteiger charge is -2.27. The van der Waals surface area contributed by atoms with Gasteiger partial charge < -0.3 is 14.6 Å². The third-order valence-electron chi connectivity index (χ3n) is 3.99. The molecule has 0 aliphatic heterocycles. The van der Waals surface area contributed by atoms with Gasteiger partial charge >= 0.3 is 0 Å². The first-order valence-corrected chi connectivity index (χ1v) is 8.62. The van der Waals surface area contributed by atoms with Gasteiger partial charge in [-0.1, -0.05) is 39.3 Å². The van der Waals surface area contributed by atoms with Crippen molar-refractivity contribution in [2.24, 2.45) is 5.92 Å². The van der Waals surface area contributed by atoms with Crippen molar-refractivity contribution in [1.82, 2.24) is 4.90 Å². The van der Waals surface area contributed by atoms with E-state index in [1.807, 2.05) is 12.1 Å². The molecule has 1 aromatic rings. The SMILES string of the molecule is CCC[C@@H](O)CN(CCC(C)C)Cc1cccc(OC)c1OC. The van der Waals surface area contributed by atoms with Crippen LogP contribution in [0, 0.1) is 5.92 Å². The minimum Gasteiger partial charge on any atom is -0.493 e. The van der Waals surface area contributed by atoms with Crippen LogP contribution in [-0.4, -0.2) is 43.4 Å². The van der Waals surface area contributed by atoms with Crippen LogP contribution in [0.5, 0.6) is 11.5 Å². The molecule has 1 aromatic carbocycles. The van der Waals surface area contributed by atoms with E-state index in [0.717, 1.165) is 49.4 Å². The number of aliphatic hydroxyl groups excluding tert-OH is 1. The van der Waals surface area contributed by atoms with E-state index in [-0.39, 0.29) is 6.10 Å². The number of rotatable bonds is 11. The average Bonchev–Trinajstić information content (AvgIpc) is 2.52. The molecule has 132 valence electrons. The van der Waals surface area contributed by atoms with Gasteiger partial charge in [-0.25, -0.2) is 0 Å². The highest BCUT2D eigenvalue weighted by molar-refractivity contribution is 5.46. The molecular weight excluding hydrogens is 290 g/mol. The van der Waals surface area contributed by atoms with Crippen molar-refractivity contribution in [3.8, 4) is 11.5 Å². The fourth-order valence-electron chi connectivity index (χ4n) is 2.72. The zero-order valence-corrected chi connectivity index (χ0v) is 15.3. The summed E-state index contributed by atoms with van der Waals surface area (Å²) >= 11 is 0. The molecule has 1 atom stereocenters. The van der Waals surface area contributed by atoms with E-state index in [4.69, 9.17) is 9.47 Å². The quantitative estimate of drug-likeness (QED) is 0.674. The summed E-state index contributed by atoms with van der Waals surface area (Å²) in [5.74, 6) is 2.19. The van der Waals surface area contributed by atoms with Gasteiger partial charge in [0.2, 0.25) is 0 Å². The van der Waals surface area contributed by atoms with Crippen LogP contribution in [-0.2, 0) is 6.54 Å². The van der Waals surface area contributed by atoms with Crippen molar-refractivity contribution in [3.63, 3.8) is 0 Å². The third-order valence-corrected chi connectivity index (χ3v) is 3.99. The lowest BCUT2D eigenvalue weighted by Crippen LogP contribution is -2.33. The Bertz CT molecular complexity index is 448. The first-order chi connectivity index (χ1) is 11.0. The molecule has 0 bridgehead atoms. The highest BCUT2D eigenvalue weighted by atomic mass is 16.5. The van der Waals surface area contributed by atoms with Crippen LogP contribution in [0.4, 0.5) is 0 Å². The second-order valence-corrected chi connectivity index (χ2v) is 6.51. The Hall–Kier alpha value is -1.26. The monoisotopic (exact) mass is 323 g/mol. The first kappa shape index (κ1) is 19.8. The van der Waals surface area contributed by atoms with Gasteiger partial charge in [0.05, 0.1) is 20.3 Å². The second kappa shape index (κ2) is 10.5. The van der Waals surface area contributed by atoms with Crippen LogP contribution in [0.3, 0.4) is 0 Å². The number of methoxy groups -OCH3 is 2. The van der Waals surface area contributed by atoms with Crippen molar-refractivity contribution in [2.45, 2.75) is 52.7 Å². The number of hydrogen-bond donors (Lipinski definition) is 1. The van der Waals surface area contributed by atoms with Gasteiger partial charge in [-0.15, -0.1) is 0 Å². The molecule has 0 heterocycles. The molecular formula is C19H33NO3. The largest absolute Gasteiger partial charge is 0.493 e. The summed E-state index contributed by atoms with van der Waals surface area (Å²) in [5.41, 5.74) is 1.10. The zero-order chi connectivity index (χ0) is 17.2. The molecule has 0 fully saturated rings. The van der Waals surface area contributed by atoms with E-state index < -0.39 is 0 Å². The number of benzene rings is 1. The van der Waals surface area contributed by atoms with Crippen LogP contribution < -0.4 is 9.47 Å². The summed E-state index contributed by atoms with van der Waals surface area (Å²) in [6, 6.07) is 5.96. The van der Waals surface area contributed by atoms with E-state index in [1.165, 1.54) is 0 Å². The maximum Gasteiger partial charge on any atom is 0.165 e. The van der Waals surface area contributed by atoms with Gasteiger partial charge in [0.25, 0.3) is 0 Å². The minimum atomic E-state index is -0.274. The Kier molecular flexibility index (Phi) is 9.03. The fraction of sp³-hybridized carbons (Fsp3) is 0.684. The predicted octanol–water partition coefficient (Wildman–Crippen LogP) is 3.71. The highest BCUT2D eigenvalue weighted by Crippen LogP contribution is 2.31. The number of aliphatic hydroxyl groups is 1. The van der Waals surface area contributed by atoms with Gasteiger partial charge in [-0.3, -0.25) is 4.90 Å². The Morgan fingerprint density at radius 2 is 1.87 bits per heavy atom.